The largest absolute Gasteiger partial charge is 0.491 e. The van der Waals surface area contributed by atoms with E-state index in [0.717, 1.165) is 24.2 Å². The molecule has 1 saturated heterocycles. The van der Waals surface area contributed by atoms with Crippen molar-refractivity contribution >= 4 is 15.9 Å². The highest BCUT2D eigenvalue weighted by molar-refractivity contribution is 7.89. The number of furan rings is 1. The smallest absolute Gasteiger partial charge is 0.287 e. The zero-order valence-electron chi connectivity index (χ0n) is 14.4. The van der Waals surface area contributed by atoms with Crippen LogP contribution in [-0.4, -0.2) is 38.3 Å². The molecule has 0 radical (unpaired) electrons. The molecule has 1 unspecified atom stereocenters. The first-order chi connectivity index (χ1) is 12.5. The van der Waals surface area contributed by atoms with E-state index in [1.807, 2.05) is 24.3 Å². The Morgan fingerprint density at radius 2 is 1.96 bits per heavy atom. The van der Waals surface area contributed by atoms with Crippen molar-refractivity contribution in [2.24, 2.45) is 0 Å². The summed E-state index contributed by atoms with van der Waals surface area (Å²) < 4.78 is 37.9. The Morgan fingerprint density at radius 3 is 2.73 bits per heavy atom. The van der Waals surface area contributed by atoms with E-state index in [4.69, 9.17) is 9.15 Å². The van der Waals surface area contributed by atoms with Crippen LogP contribution in [0.25, 0.3) is 0 Å². The van der Waals surface area contributed by atoms with Gasteiger partial charge in [-0.2, -0.15) is 4.31 Å². The van der Waals surface area contributed by atoms with Gasteiger partial charge in [-0.1, -0.05) is 18.2 Å². The summed E-state index contributed by atoms with van der Waals surface area (Å²) in [6.07, 6.45) is 1.70. The van der Waals surface area contributed by atoms with Gasteiger partial charge < -0.3 is 14.5 Å². The van der Waals surface area contributed by atoms with Gasteiger partial charge in [0.05, 0.1) is 6.04 Å². The highest BCUT2D eigenvalue weighted by Gasteiger charge is 2.33. The van der Waals surface area contributed by atoms with Crippen LogP contribution in [0, 0.1) is 6.92 Å². The molecule has 1 fully saturated rings. The van der Waals surface area contributed by atoms with E-state index < -0.39 is 15.9 Å². The summed E-state index contributed by atoms with van der Waals surface area (Å²) in [4.78, 5) is 12.6. The molecule has 0 saturated carbocycles. The van der Waals surface area contributed by atoms with Gasteiger partial charge in [-0.3, -0.25) is 4.79 Å². The zero-order valence-corrected chi connectivity index (χ0v) is 15.2. The van der Waals surface area contributed by atoms with E-state index in [1.165, 1.54) is 10.4 Å². The van der Waals surface area contributed by atoms with E-state index in [-0.39, 0.29) is 22.5 Å². The van der Waals surface area contributed by atoms with Gasteiger partial charge in [0, 0.05) is 24.7 Å². The lowest BCUT2D eigenvalue weighted by Gasteiger charge is -2.14. The maximum absolute atomic E-state index is 12.7. The number of hydrogen-bond donors (Lipinski definition) is 1. The number of fused-ring (bicyclic) bond motifs is 1. The number of para-hydroxylation sites is 1. The second-order valence-electron chi connectivity index (χ2n) is 6.52. The normalized spacial score (nSPS) is 20.0. The van der Waals surface area contributed by atoms with Crippen molar-refractivity contribution in [2.45, 2.75) is 30.7 Å². The molecular weight excluding hydrogens is 356 g/mol. The van der Waals surface area contributed by atoms with Gasteiger partial charge >= 0.3 is 0 Å². The molecule has 26 heavy (non-hydrogen) atoms. The molecule has 1 amide bonds. The summed E-state index contributed by atoms with van der Waals surface area (Å²) in [5, 5.41) is 2.85. The minimum atomic E-state index is -3.62. The van der Waals surface area contributed by atoms with Crippen molar-refractivity contribution in [3.8, 4) is 5.75 Å². The molecule has 2 aliphatic rings. The number of carbonyl (C=O) groups is 1. The molecule has 2 aliphatic heterocycles. The predicted octanol–water partition coefficient (Wildman–Crippen LogP) is 2.24. The number of amides is 1. The summed E-state index contributed by atoms with van der Waals surface area (Å²) in [5.74, 6) is 0.502. The minimum Gasteiger partial charge on any atom is -0.491 e. The van der Waals surface area contributed by atoms with E-state index >= 15 is 0 Å². The average Bonchev–Trinajstić information content (AvgIpc) is 3.35. The van der Waals surface area contributed by atoms with Crippen molar-refractivity contribution in [1.82, 2.24) is 9.62 Å². The third kappa shape index (κ3) is 2.89. The summed E-state index contributed by atoms with van der Waals surface area (Å²) in [6.45, 7) is 2.91. The minimum absolute atomic E-state index is 0.00958. The molecule has 8 heteroatoms. The van der Waals surface area contributed by atoms with Crippen molar-refractivity contribution in [3.63, 3.8) is 0 Å². The number of hydrogen-bond acceptors (Lipinski definition) is 5. The SMILES string of the molecule is Cc1oc(C(=O)NC2COc3ccccc32)cc1S(=O)(=O)N1CCCC1. The highest BCUT2D eigenvalue weighted by Crippen LogP contribution is 2.32. The second kappa shape index (κ2) is 6.44. The molecule has 3 heterocycles. The Kier molecular flexibility index (Phi) is 4.24. The number of nitrogens with zero attached hydrogens (tertiary/aromatic N) is 1. The molecule has 1 aromatic heterocycles. The molecule has 1 N–H and O–H groups in total. The number of nitrogens with one attached hydrogen (secondary N) is 1. The number of sulfonamides is 1. The van der Waals surface area contributed by atoms with Crippen molar-refractivity contribution in [2.75, 3.05) is 19.7 Å². The molecule has 0 spiro atoms. The number of carbonyl (C=O) groups excluding carboxylic acids is 1. The van der Waals surface area contributed by atoms with Gasteiger partial charge in [0.2, 0.25) is 10.0 Å². The lowest BCUT2D eigenvalue weighted by Crippen LogP contribution is -2.29. The quantitative estimate of drug-likeness (QED) is 0.884. The van der Waals surface area contributed by atoms with Gasteiger partial charge in [0.25, 0.3) is 5.91 Å². The fraction of sp³-hybridized carbons (Fsp3) is 0.389. The Labute approximate surface area is 152 Å². The Balaban J connectivity index is 1.55. The standard InChI is InChI=1S/C18H20N2O5S/c1-12-17(26(22,23)20-8-4-5-9-20)10-16(25-12)18(21)19-14-11-24-15-7-3-2-6-13(14)15/h2-3,6-7,10,14H,4-5,8-9,11H2,1H3,(H,19,21). The third-order valence-electron chi connectivity index (χ3n) is 4.78. The van der Waals surface area contributed by atoms with Crippen molar-refractivity contribution in [3.05, 3.63) is 47.4 Å². The fourth-order valence-electron chi connectivity index (χ4n) is 3.41. The van der Waals surface area contributed by atoms with Crippen LogP contribution in [0.1, 0.15) is 40.8 Å². The maximum atomic E-state index is 12.7. The first kappa shape index (κ1) is 17.1. The van der Waals surface area contributed by atoms with Crippen LogP contribution < -0.4 is 10.1 Å². The summed E-state index contributed by atoms with van der Waals surface area (Å²) >= 11 is 0. The van der Waals surface area contributed by atoms with E-state index in [9.17, 15) is 13.2 Å². The molecular formula is C18H20N2O5S. The lowest BCUT2D eigenvalue weighted by molar-refractivity contribution is 0.0901. The lowest BCUT2D eigenvalue weighted by atomic mass is 10.1. The summed E-state index contributed by atoms with van der Waals surface area (Å²) in [7, 11) is -3.62. The van der Waals surface area contributed by atoms with Crippen LogP contribution >= 0.6 is 0 Å². The molecule has 0 aliphatic carbocycles. The monoisotopic (exact) mass is 376 g/mol. The Bertz CT molecular complexity index is 944. The maximum Gasteiger partial charge on any atom is 0.287 e. The number of rotatable bonds is 4. The van der Waals surface area contributed by atoms with E-state index in [0.29, 0.717) is 19.7 Å². The highest BCUT2D eigenvalue weighted by atomic mass is 32.2. The first-order valence-corrected chi connectivity index (χ1v) is 10.0. The zero-order chi connectivity index (χ0) is 18.3. The van der Waals surface area contributed by atoms with Gasteiger partial charge in [-0.05, 0) is 25.8 Å². The molecule has 1 aromatic carbocycles. The molecule has 4 rings (SSSR count). The van der Waals surface area contributed by atoms with Gasteiger partial charge in [-0.25, -0.2) is 8.42 Å². The van der Waals surface area contributed by atoms with Crippen molar-refractivity contribution in [1.29, 1.82) is 0 Å². The van der Waals surface area contributed by atoms with Gasteiger partial charge in [0.1, 0.15) is 23.0 Å². The molecule has 1 atom stereocenters. The first-order valence-electron chi connectivity index (χ1n) is 8.60. The fourth-order valence-corrected chi connectivity index (χ4v) is 5.09. The Morgan fingerprint density at radius 1 is 1.23 bits per heavy atom. The molecule has 2 aromatic rings. The topological polar surface area (TPSA) is 88.8 Å². The number of ether oxygens (including phenoxy) is 1. The van der Waals surface area contributed by atoms with Crippen LogP contribution in [0.15, 0.2) is 39.6 Å². The van der Waals surface area contributed by atoms with E-state index in [1.54, 1.807) is 6.92 Å². The van der Waals surface area contributed by atoms with Crippen LogP contribution in [0.4, 0.5) is 0 Å². The van der Waals surface area contributed by atoms with E-state index in [2.05, 4.69) is 5.32 Å². The van der Waals surface area contributed by atoms with Crippen LogP contribution in [-0.2, 0) is 10.0 Å². The van der Waals surface area contributed by atoms with Crippen LogP contribution in [0.2, 0.25) is 0 Å². The molecule has 0 bridgehead atoms. The van der Waals surface area contributed by atoms with Gasteiger partial charge in [0.15, 0.2) is 5.76 Å². The van der Waals surface area contributed by atoms with Crippen molar-refractivity contribution < 1.29 is 22.4 Å². The summed E-state index contributed by atoms with van der Waals surface area (Å²) in [6, 6.07) is 8.52. The predicted molar refractivity (Wildman–Crippen MR) is 93.6 cm³/mol. The Hall–Kier alpha value is -2.32. The van der Waals surface area contributed by atoms with Crippen LogP contribution in [0.5, 0.6) is 5.75 Å². The number of aryl methyl sites for hydroxylation is 1. The van der Waals surface area contributed by atoms with Gasteiger partial charge in [-0.15, -0.1) is 0 Å². The molecule has 138 valence electrons. The molecule has 7 nitrogen and oxygen atoms in total. The summed E-state index contributed by atoms with van der Waals surface area (Å²) in [5.41, 5.74) is 0.897. The second-order valence-corrected chi connectivity index (χ2v) is 8.42. The number of benzene rings is 1. The third-order valence-corrected chi connectivity index (χ3v) is 6.79. The van der Waals surface area contributed by atoms with Crippen LogP contribution in [0.3, 0.4) is 0 Å². The average molecular weight is 376 g/mol.